The smallest absolute Gasteiger partial charge is 0.365 e. The van der Waals surface area contributed by atoms with Gasteiger partial charge in [0.1, 0.15) is 15.4 Å². The molecule has 1 aliphatic rings. The van der Waals surface area contributed by atoms with E-state index in [4.69, 9.17) is 5.73 Å². The Bertz CT molecular complexity index is 1600. The first-order valence-electron chi connectivity index (χ1n) is 11.8. The molecule has 15 heteroatoms. The maximum absolute atomic E-state index is 13.7. The summed E-state index contributed by atoms with van der Waals surface area (Å²) >= 11 is 0.759. The summed E-state index contributed by atoms with van der Waals surface area (Å²) in [4.78, 5) is 29.2. The van der Waals surface area contributed by atoms with Gasteiger partial charge >= 0.3 is 6.18 Å². The van der Waals surface area contributed by atoms with E-state index in [-0.39, 0.29) is 45.2 Å². The number of pyridine rings is 1. The number of halogens is 5. The second-order valence-electron chi connectivity index (χ2n) is 9.30. The molecule has 1 saturated carbocycles. The summed E-state index contributed by atoms with van der Waals surface area (Å²) in [5.74, 6) is -1.58. The molecule has 0 bridgehead atoms. The number of amides is 2. The fraction of sp³-hybridized carbons (Fsp3) is 0.375. The Hall–Kier alpha value is -3.88. The molecule has 0 aliphatic heterocycles. The van der Waals surface area contributed by atoms with Gasteiger partial charge in [-0.3, -0.25) is 19.0 Å². The molecule has 0 aromatic carbocycles. The van der Waals surface area contributed by atoms with Crippen LogP contribution in [0.1, 0.15) is 64.1 Å². The van der Waals surface area contributed by atoms with Crippen molar-refractivity contribution < 1.29 is 31.5 Å². The number of hydrogen-bond acceptors (Lipinski definition) is 6. The van der Waals surface area contributed by atoms with Crippen molar-refractivity contribution in [1.82, 2.24) is 24.5 Å². The highest BCUT2D eigenvalue weighted by Gasteiger charge is 2.38. The van der Waals surface area contributed by atoms with Crippen LogP contribution in [0, 0.1) is 6.92 Å². The number of primary amides is 1. The lowest BCUT2D eigenvalue weighted by atomic mass is 10.0. The lowest BCUT2D eigenvalue weighted by Gasteiger charge is -2.11. The predicted molar refractivity (Wildman–Crippen MR) is 132 cm³/mol. The van der Waals surface area contributed by atoms with Gasteiger partial charge in [0.15, 0.2) is 5.69 Å². The van der Waals surface area contributed by atoms with Gasteiger partial charge in [-0.25, -0.2) is 13.8 Å². The molecule has 9 nitrogen and oxygen atoms in total. The Morgan fingerprint density at radius 3 is 2.49 bits per heavy atom. The number of thiophene rings is 1. The number of nitrogens with one attached hydrogen (secondary N) is 1. The SMILES string of the molecule is Cc1nn(C)cc1-c1cc(C(F)F)nc2sc(C(N)=O)c(NC(=O)CCn3nc(C(F)(F)F)cc3C3CC3)c12. The number of hydrogen-bond donors (Lipinski definition) is 2. The molecule has 4 aromatic heterocycles. The van der Waals surface area contributed by atoms with E-state index in [1.165, 1.54) is 15.4 Å². The molecule has 3 N–H and O–H groups in total. The van der Waals surface area contributed by atoms with Crippen LogP contribution < -0.4 is 11.1 Å². The summed E-state index contributed by atoms with van der Waals surface area (Å²) in [7, 11) is 1.66. The third-order valence-corrected chi connectivity index (χ3v) is 7.44. The maximum atomic E-state index is 13.7. The Morgan fingerprint density at radius 2 is 1.92 bits per heavy atom. The molecule has 4 heterocycles. The summed E-state index contributed by atoms with van der Waals surface area (Å²) in [5.41, 5.74) is 5.68. The average Bonchev–Trinajstić information content (AvgIpc) is 3.34. The van der Waals surface area contributed by atoms with Crippen LogP contribution in [-0.2, 0) is 24.6 Å². The standard InChI is InChI=1S/C24H22F5N7O2S/c1-10-13(9-35(2)33-10)12-7-14(21(25)26)31-23-18(12)19(20(39-23)22(30)38)32-17(37)5-6-36-15(11-3-4-11)8-16(34-36)24(27,28)29/h7-9,11,21H,3-6H2,1-2H3,(H2,30,38)(H,32,37). The highest BCUT2D eigenvalue weighted by molar-refractivity contribution is 7.21. The van der Waals surface area contributed by atoms with E-state index < -0.39 is 35.8 Å². The van der Waals surface area contributed by atoms with Crippen LogP contribution in [0.15, 0.2) is 18.3 Å². The lowest BCUT2D eigenvalue weighted by Crippen LogP contribution is -2.19. The molecule has 0 unspecified atom stereocenters. The van der Waals surface area contributed by atoms with Gasteiger partial charge in [-0.15, -0.1) is 11.3 Å². The van der Waals surface area contributed by atoms with Gasteiger partial charge in [-0.05, 0) is 37.5 Å². The van der Waals surface area contributed by atoms with E-state index in [2.05, 4.69) is 20.5 Å². The van der Waals surface area contributed by atoms with E-state index >= 15 is 0 Å². The fourth-order valence-corrected chi connectivity index (χ4v) is 5.48. The Kier molecular flexibility index (Phi) is 6.64. The van der Waals surface area contributed by atoms with Crippen molar-refractivity contribution >= 4 is 39.1 Å². The minimum atomic E-state index is -4.62. The molecule has 2 amide bonds. The van der Waals surface area contributed by atoms with Crippen LogP contribution in [0.4, 0.5) is 27.6 Å². The Labute approximate surface area is 221 Å². The van der Waals surface area contributed by atoms with E-state index in [0.29, 0.717) is 17.0 Å². The highest BCUT2D eigenvalue weighted by atomic mass is 32.1. The number of rotatable bonds is 8. The van der Waals surface area contributed by atoms with Gasteiger partial charge in [0, 0.05) is 48.8 Å². The first-order valence-corrected chi connectivity index (χ1v) is 12.7. The van der Waals surface area contributed by atoms with Crippen molar-refractivity contribution in [2.45, 2.75) is 51.3 Å². The van der Waals surface area contributed by atoms with Crippen LogP contribution in [0.3, 0.4) is 0 Å². The molecular weight excluding hydrogens is 545 g/mol. The molecule has 206 valence electrons. The van der Waals surface area contributed by atoms with Gasteiger partial charge < -0.3 is 11.1 Å². The number of nitrogens with zero attached hydrogens (tertiary/aromatic N) is 5. The maximum Gasteiger partial charge on any atom is 0.435 e. The van der Waals surface area contributed by atoms with Gasteiger partial charge in [-0.1, -0.05) is 0 Å². The lowest BCUT2D eigenvalue weighted by molar-refractivity contribution is -0.141. The normalized spacial score (nSPS) is 13.9. The van der Waals surface area contributed by atoms with Gasteiger partial charge in [0.05, 0.1) is 11.4 Å². The Morgan fingerprint density at radius 1 is 1.21 bits per heavy atom. The van der Waals surface area contributed by atoms with Crippen molar-refractivity contribution in [1.29, 1.82) is 0 Å². The van der Waals surface area contributed by atoms with E-state index in [1.54, 1.807) is 20.2 Å². The zero-order chi connectivity index (χ0) is 28.2. The fourth-order valence-electron chi connectivity index (χ4n) is 4.46. The van der Waals surface area contributed by atoms with E-state index in [9.17, 15) is 31.5 Å². The average molecular weight is 568 g/mol. The van der Waals surface area contributed by atoms with E-state index in [0.717, 1.165) is 30.2 Å². The largest absolute Gasteiger partial charge is 0.435 e. The third kappa shape index (κ3) is 5.22. The number of fused-ring (bicyclic) bond motifs is 1. The minimum Gasteiger partial charge on any atom is -0.365 e. The zero-order valence-corrected chi connectivity index (χ0v) is 21.5. The molecule has 0 radical (unpaired) electrons. The summed E-state index contributed by atoms with van der Waals surface area (Å²) < 4.78 is 69.7. The highest BCUT2D eigenvalue weighted by Crippen LogP contribution is 2.44. The monoisotopic (exact) mass is 567 g/mol. The topological polar surface area (TPSA) is 121 Å². The third-order valence-electron chi connectivity index (χ3n) is 6.35. The molecular formula is C24H22F5N7O2S. The summed E-state index contributed by atoms with van der Waals surface area (Å²) in [6, 6.07) is 2.18. The number of aryl methyl sites for hydroxylation is 3. The quantitative estimate of drug-likeness (QED) is 0.285. The van der Waals surface area contributed by atoms with Gasteiger partial charge in [0.2, 0.25) is 5.91 Å². The van der Waals surface area contributed by atoms with Gasteiger partial charge in [0.25, 0.3) is 12.3 Å². The molecule has 1 fully saturated rings. The van der Waals surface area contributed by atoms with Crippen LogP contribution >= 0.6 is 11.3 Å². The molecule has 39 heavy (non-hydrogen) atoms. The molecule has 4 aromatic rings. The summed E-state index contributed by atoms with van der Waals surface area (Å²) in [6.07, 6.45) is -4.70. The zero-order valence-electron chi connectivity index (χ0n) is 20.6. The number of aromatic nitrogens is 5. The first-order chi connectivity index (χ1) is 18.3. The van der Waals surface area contributed by atoms with E-state index in [1.807, 2.05) is 0 Å². The number of alkyl halides is 5. The van der Waals surface area contributed by atoms with Crippen LogP contribution in [0.2, 0.25) is 0 Å². The van der Waals surface area contributed by atoms with Crippen LogP contribution in [0.5, 0.6) is 0 Å². The molecule has 0 saturated heterocycles. The van der Waals surface area contributed by atoms with Crippen molar-refractivity contribution in [3.8, 4) is 11.1 Å². The first kappa shape index (κ1) is 26.7. The molecule has 5 rings (SSSR count). The number of anilines is 1. The number of nitrogens with two attached hydrogens (primary N) is 1. The summed E-state index contributed by atoms with van der Waals surface area (Å²) in [5, 5.41) is 10.8. The summed E-state index contributed by atoms with van der Waals surface area (Å²) in [6.45, 7) is 1.55. The Balaban J connectivity index is 1.51. The van der Waals surface area contributed by atoms with Crippen molar-refractivity contribution in [2.24, 2.45) is 12.8 Å². The number of carbonyl (C=O) groups excluding carboxylic acids is 2. The molecule has 0 atom stereocenters. The second kappa shape index (κ2) is 9.70. The van der Waals surface area contributed by atoms with Crippen molar-refractivity contribution in [3.05, 3.63) is 46.0 Å². The van der Waals surface area contributed by atoms with Crippen molar-refractivity contribution in [2.75, 3.05) is 5.32 Å². The minimum absolute atomic E-state index is 0.00192. The van der Waals surface area contributed by atoms with Crippen LogP contribution in [0.25, 0.3) is 21.3 Å². The van der Waals surface area contributed by atoms with Gasteiger partial charge in [-0.2, -0.15) is 23.4 Å². The van der Waals surface area contributed by atoms with Crippen molar-refractivity contribution in [3.63, 3.8) is 0 Å². The second-order valence-corrected chi connectivity index (χ2v) is 10.3. The number of carbonyl (C=O) groups is 2. The van der Waals surface area contributed by atoms with Crippen LogP contribution in [-0.4, -0.2) is 36.4 Å². The molecule has 0 spiro atoms. The predicted octanol–water partition coefficient (Wildman–Crippen LogP) is 5.16. The molecule has 1 aliphatic carbocycles.